The normalized spacial score (nSPS) is 12.3. The molecule has 1 aliphatic heterocycles. The Labute approximate surface area is 249 Å². The van der Waals surface area contributed by atoms with E-state index in [1.165, 1.54) is 17.7 Å². The standard InChI is InChI=1S/C30H36N8O5/c1-19(31)42-26(32)24-15-25(36-38(27(24)39)14-6-5-12-34-29(41)43-30(2,3)4)20-7-9-23(10-8-20)35-28(40)37-17-21-11-13-33-16-22(21)18-37/h7-11,13,15-16,31-32H,5-6,12,14,17-18H2,1-4H3,(H,34,41)(H,35,40). The van der Waals surface area contributed by atoms with E-state index >= 15 is 0 Å². The molecular weight excluding hydrogens is 552 g/mol. The summed E-state index contributed by atoms with van der Waals surface area (Å²) in [7, 11) is 0. The van der Waals surface area contributed by atoms with Gasteiger partial charge in [-0.05, 0) is 69.0 Å². The summed E-state index contributed by atoms with van der Waals surface area (Å²) < 4.78 is 11.6. The van der Waals surface area contributed by atoms with Crippen molar-refractivity contribution in [1.82, 2.24) is 25.0 Å². The Morgan fingerprint density at radius 3 is 2.44 bits per heavy atom. The van der Waals surface area contributed by atoms with Crippen molar-refractivity contribution in [2.75, 3.05) is 11.9 Å². The molecule has 13 nitrogen and oxygen atoms in total. The van der Waals surface area contributed by atoms with Gasteiger partial charge in [0.25, 0.3) is 5.56 Å². The maximum atomic E-state index is 13.2. The van der Waals surface area contributed by atoms with E-state index in [-0.39, 0.29) is 24.0 Å². The van der Waals surface area contributed by atoms with Crippen molar-refractivity contribution in [2.24, 2.45) is 0 Å². The minimum Gasteiger partial charge on any atom is -0.444 e. The first-order chi connectivity index (χ1) is 20.4. The molecule has 3 aromatic rings. The van der Waals surface area contributed by atoms with Gasteiger partial charge in [0.1, 0.15) is 11.2 Å². The number of aromatic nitrogens is 3. The third kappa shape index (κ3) is 8.47. The van der Waals surface area contributed by atoms with Crippen LogP contribution in [0.1, 0.15) is 57.2 Å². The van der Waals surface area contributed by atoms with Crippen molar-refractivity contribution in [1.29, 1.82) is 10.8 Å². The molecule has 1 aliphatic rings. The number of pyridine rings is 1. The van der Waals surface area contributed by atoms with Crippen LogP contribution in [0.4, 0.5) is 15.3 Å². The number of ether oxygens (including phenoxy) is 2. The maximum absolute atomic E-state index is 13.2. The van der Waals surface area contributed by atoms with Crippen LogP contribution in [0.2, 0.25) is 0 Å². The number of hydrogen-bond acceptors (Lipinski definition) is 9. The first-order valence-electron chi connectivity index (χ1n) is 13.9. The number of hydrogen-bond donors (Lipinski definition) is 4. The smallest absolute Gasteiger partial charge is 0.407 e. The van der Waals surface area contributed by atoms with E-state index < -0.39 is 23.2 Å². The van der Waals surface area contributed by atoms with Crippen LogP contribution in [0.15, 0.2) is 53.6 Å². The first kappa shape index (κ1) is 30.9. The van der Waals surface area contributed by atoms with Crippen LogP contribution in [0.5, 0.6) is 0 Å². The number of benzene rings is 1. The average molecular weight is 589 g/mol. The quantitative estimate of drug-likeness (QED) is 0.170. The molecule has 0 radical (unpaired) electrons. The molecule has 3 amide bonds. The molecule has 0 spiro atoms. The van der Waals surface area contributed by atoms with Crippen LogP contribution in [0.3, 0.4) is 0 Å². The summed E-state index contributed by atoms with van der Waals surface area (Å²) in [5.41, 5.74) is 2.59. The van der Waals surface area contributed by atoms with E-state index in [2.05, 4.69) is 20.7 Å². The summed E-state index contributed by atoms with van der Waals surface area (Å²) in [6.07, 6.45) is 4.05. The van der Waals surface area contributed by atoms with Gasteiger partial charge in [0.05, 0.1) is 5.69 Å². The predicted molar refractivity (Wildman–Crippen MR) is 161 cm³/mol. The highest BCUT2D eigenvalue weighted by atomic mass is 16.6. The number of unbranched alkanes of at least 4 members (excludes halogenated alkanes) is 1. The van der Waals surface area contributed by atoms with Gasteiger partial charge >= 0.3 is 12.1 Å². The van der Waals surface area contributed by atoms with Gasteiger partial charge in [-0.15, -0.1) is 0 Å². The highest BCUT2D eigenvalue weighted by Gasteiger charge is 2.23. The van der Waals surface area contributed by atoms with Gasteiger partial charge < -0.3 is 25.0 Å². The van der Waals surface area contributed by atoms with Crippen LogP contribution in [0, 0.1) is 10.8 Å². The second-order valence-corrected chi connectivity index (χ2v) is 11.1. The number of carbonyl (C=O) groups excluding carboxylic acids is 2. The Morgan fingerprint density at radius 2 is 1.77 bits per heavy atom. The predicted octanol–water partition coefficient (Wildman–Crippen LogP) is 4.50. The van der Waals surface area contributed by atoms with Crippen LogP contribution < -0.4 is 16.2 Å². The molecule has 0 bridgehead atoms. The number of aryl methyl sites for hydroxylation is 1. The van der Waals surface area contributed by atoms with E-state index in [1.54, 1.807) is 62.3 Å². The number of nitrogens with zero attached hydrogens (tertiary/aromatic N) is 4. The molecule has 4 N–H and O–H groups in total. The molecule has 0 saturated heterocycles. The summed E-state index contributed by atoms with van der Waals surface area (Å²) in [6, 6.07) is 10.1. The zero-order valence-electron chi connectivity index (χ0n) is 24.7. The fourth-order valence-electron chi connectivity index (χ4n) is 4.39. The molecule has 43 heavy (non-hydrogen) atoms. The SMILES string of the molecule is CC(=N)OC(=N)c1cc(-c2ccc(NC(=O)N3Cc4ccncc4C3)cc2)nn(CCCCNC(=O)OC(C)(C)C)c1=O. The second kappa shape index (κ2) is 13.3. The number of amides is 3. The molecule has 0 unspecified atom stereocenters. The summed E-state index contributed by atoms with van der Waals surface area (Å²) >= 11 is 0. The van der Waals surface area contributed by atoms with Crippen molar-refractivity contribution in [3.05, 3.63) is 75.8 Å². The van der Waals surface area contributed by atoms with Crippen molar-refractivity contribution in [3.63, 3.8) is 0 Å². The van der Waals surface area contributed by atoms with E-state index in [0.29, 0.717) is 49.4 Å². The van der Waals surface area contributed by atoms with E-state index in [4.69, 9.17) is 20.3 Å². The number of nitrogens with one attached hydrogen (secondary N) is 4. The third-order valence-corrected chi connectivity index (χ3v) is 6.39. The Hall–Kier alpha value is -5.07. The van der Waals surface area contributed by atoms with Gasteiger partial charge in [0.15, 0.2) is 5.90 Å². The minimum absolute atomic E-state index is 0.0380. The molecule has 3 heterocycles. The lowest BCUT2D eigenvalue weighted by molar-refractivity contribution is 0.0526. The Morgan fingerprint density at radius 1 is 1.05 bits per heavy atom. The molecule has 13 heteroatoms. The third-order valence-electron chi connectivity index (χ3n) is 6.39. The number of alkyl carbamates (subject to hydrolysis) is 1. The summed E-state index contributed by atoms with van der Waals surface area (Å²) in [4.78, 5) is 43.7. The number of rotatable bonds is 8. The topological polar surface area (TPSA) is 175 Å². The van der Waals surface area contributed by atoms with Crippen LogP contribution in [0.25, 0.3) is 11.3 Å². The highest BCUT2D eigenvalue weighted by molar-refractivity contribution is 5.99. The first-order valence-corrected chi connectivity index (χ1v) is 13.9. The van der Waals surface area contributed by atoms with Crippen LogP contribution >= 0.6 is 0 Å². The van der Waals surface area contributed by atoms with Gasteiger partial charge in [-0.1, -0.05) is 12.1 Å². The molecule has 0 fully saturated rings. The summed E-state index contributed by atoms with van der Waals surface area (Å²) in [5.74, 6) is -0.674. The van der Waals surface area contributed by atoms with Gasteiger partial charge in [-0.25, -0.2) is 14.3 Å². The second-order valence-electron chi connectivity index (χ2n) is 11.1. The van der Waals surface area contributed by atoms with Crippen molar-refractivity contribution >= 4 is 29.6 Å². The zero-order valence-corrected chi connectivity index (χ0v) is 24.7. The van der Waals surface area contributed by atoms with Crippen LogP contribution in [-0.2, 0) is 29.1 Å². The van der Waals surface area contributed by atoms with Crippen molar-refractivity contribution in [2.45, 2.75) is 65.8 Å². The van der Waals surface area contributed by atoms with Crippen molar-refractivity contribution in [3.8, 4) is 11.3 Å². The maximum Gasteiger partial charge on any atom is 0.407 e. The lowest BCUT2D eigenvalue weighted by Crippen LogP contribution is -2.33. The van der Waals surface area contributed by atoms with Crippen molar-refractivity contribution < 1.29 is 19.1 Å². The highest BCUT2D eigenvalue weighted by Crippen LogP contribution is 2.24. The van der Waals surface area contributed by atoms with E-state index in [9.17, 15) is 14.4 Å². The lowest BCUT2D eigenvalue weighted by Gasteiger charge is -2.19. The van der Waals surface area contributed by atoms with Crippen LogP contribution in [-0.4, -0.2) is 55.7 Å². The molecule has 0 aliphatic carbocycles. The molecule has 226 valence electrons. The number of fused-ring (bicyclic) bond motifs is 1. The van der Waals surface area contributed by atoms with E-state index in [0.717, 1.165) is 11.1 Å². The number of urea groups is 1. The summed E-state index contributed by atoms with van der Waals surface area (Å²) in [5, 5.41) is 25.9. The van der Waals surface area contributed by atoms with E-state index in [1.807, 2.05) is 6.07 Å². The number of carbonyl (C=O) groups is 2. The largest absolute Gasteiger partial charge is 0.444 e. The fraction of sp³-hybridized carbons (Fsp3) is 0.367. The number of anilines is 1. The summed E-state index contributed by atoms with van der Waals surface area (Å²) in [6.45, 7) is 8.31. The van der Waals surface area contributed by atoms with Gasteiger partial charge in [0, 0.05) is 56.7 Å². The molecule has 0 atom stereocenters. The minimum atomic E-state index is -0.596. The van der Waals surface area contributed by atoms with Gasteiger partial charge in [0.2, 0.25) is 5.90 Å². The molecular formula is C30H36N8O5. The molecule has 0 saturated carbocycles. The van der Waals surface area contributed by atoms with Gasteiger partial charge in [-0.2, -0.15) is 5.10 Å². The average Bonchev–Trinajstić information content (AvgIpc) is 3.37. The fourth-order valence-corrected chi connectivity index (χ4v) is 4.39. The van der Waals surface area contributed by atoms with Gasteiger partial charge in [-0.3, -0.25) is 20.6 Å². The molecule has 2 aromatic heterocycles. The zero-order chi connectivity index (χ0) is 31.1. The Balaban J connectivity index is 1.45. The Bertz CT molecular complexity index is 1550. The molecule has 4 rings (SSSR count). The Kier molecular flexibility index (Phi) is 9.53. The molecule has 1 aromatic carbocycles. The monoisotopic (exact) mass is 588 g/mol. The lowest BCUT2D eigenvalue weighted by atomic mass is 10.1.